The molecule has 1 saturated heterocycles. The van der Waals surface area contributed by atoms with E-state index in [-0.39, 0.29) is 11.8 Å². The fourth-order valence-corrected chi connectivity index (χ4v) is 2.80. The molecule has 126 valence electrons. The summed E-state index contributed by atoms with van der Waals surface area (Å²) in [5, 5.41) is 3.33. The second-order valence-electron chi connectivity index (χ2n) is 6.32. The van der Waals surface area contributed by atoms with Gasteiger partial charge in [-0.1, -0.05) is 24.6 Å². The first-order valence-electron chi connectivity index (χ1n) is 7.93. The molecule has 5 nitrogen and oxygen atoms in total. The SMILES string of the molecule is CCN1CCN(C(=O)C(C)(C)C(=O)Nc2cccc(Cl)c2)CC1. The van der Waals surface area contributed by atoms with E-state index in [9.17, 15) is 9.59 Å². The Hall–Kier alpha value is -1.59. The highest BCUT2D eigenvalue weighted by Crippen LogP contribution is 2.24. The topological polar surface area (TPSA) is 52.7 Å². The number of halogens is 1. The number of amides is 2. The van der Waals surface area contributed by atoms with Crippen LogP contribution in [0, 0.1) is 5.41 Å². The predicted molar refractivity (Wildman–Crippen MR) is 92.6 cm³/mol. The molecule has 1 aromatic carbocycles. The van der Waals surface area contributed by atoms with Gasteiger partial charge in [-0.25, -0.2) is 0 Å². The number of likely N-dealkylation sites (N-methyl/N-ethyl adjacent to an activating group) is 1. The number of anilines is 1. The van der Waals surface area contributed by atoms with E-state index in [0.717, 1.165) is 19.6 Å². The molecule has 2 rings (SSSR count). The number of carbonyl (C=O) groups is 2. The predicted octanol–water partition coefficient (Wildman–Crippen LogP) is 2.47. The summed E-state index contributed by atoms with van der Waals surface area (Å²) in [4.78, 5) is 29.3. The number of piperazine rings is 1. The van der Waals surface area contributed by atoms with E-state index in [2.05, 4.69) is 17.1 Å². The highest BCUT2D eigenvalue weighted by Gasteiger charge is 2.40. The minimum atomic E-state index is -1.11. The molecular formula is C17H24ClN3O2. The fraction of sp³-hybridized carbons (Fsp3) is 0.529. The molecule has 0 aromatic heterocycles. The van der Waals surface area contributed by atoms with E-state index in [0.29, 0.717) is 23.8 Å². The Kier molecular flexibility index (Phi) is 5.65. The Bertz CT molecular complexity index is 581. The molecule has 0 unspecified atom stereocenters. The van der Waals surface area contributed by atoms with Crippen molar-refractivity contribution >= 4 is 29.1 Å². The van der Waals surface area contributed by atoms with Gasteiger partial charge in [0.05, 0.1) is 0 Å². The fourth-order valence-electron chi connectivity index (χ4n) is 2.61. The van der Waals surface area contributed by atoms with Crippen molar-refractivity contribution in [1.29, 1.82) is 0 Å². The van der Waals surface area contributed by atoms with E-state index < -0.39 is 5.41 Å². The molecule has 1 heterocycles. The van der Waals surface area contributed by atoms with E-state index in [1.165, 1.54) is 0 Å². The summed E-state index contributed by atoms with van der Waals surface area (Å²) in [7, 11) is 0. The van der Waals surface area contributed by atoms with Crippen molar-refractivity contribution in [2.75, 3.05) is 38.0 Å². The lowest BCUT2D eigenvalue weighted by atomic mass is 9.89. The van der Waals surface area contributed by atoms with Crippen LogP contribution >= 0.6 is 11.6 Å². The van der Waals surface area contributed by atoms with Gasteiger partial charge in [-0.2, -0.15) is 0 Å². The first-order valence-corrected chi connectivity index (χ1v) is 8.31. The highest BCUT2D eigenvalue weighted by molar-refractivity contribution is 6.31. The monoisotopic (exact) mass is 337 g/mol. The summed E-state index contributed by atoms with van der Waals surface area (Å²) in [5.41, 5.74) is -0.518. The van der Waals surface area contributed by atoms with Gasteiger partial charge >= 0.3 is 0 Å². The molecule has 23 heavy (non-hydrogen) atoms. The minimum absolute atomic E-state index is 0.132. The summed E-state index contributed by atoms with van der Waals surface area (Å²) in [6.45, 7) is 9.48. The average Bonchev–Trinajstić information content (AvgIpc) is 2.54. The summed E-state index contributed by atoms with van der Waals surface area (Å²) in [6, 6.07) is 6.92. The normalized spacial score (nSPS) is 16.3. The number of hydrogen-bond acceptors (Lipinski definition) is 3. The van der Waals surface area contributed by atoms with Crippen LogP contribution in [0.4, 0.5) is 5.69 Å². The molecule has 1 aliphatic heterocycles. The van der Waals surface area contributed by atoms with Crippen LogP contribution in [0.3, 0.4) is 0 Å². The van der Waals surface area contributed by atoms with Crippen LogP contribution in [0.1, 0.15) is 20.8 Å². The molecule has 0 bridgehead atoms. The van der Waals surface area contributed by atoms with Crippen molar-refractivity contribution in [2.24, 2.45) is 5.41 Å². The van der Waals surface area contributed by atoms with Gasteiger partial charge in [-0.15, -0.1) is 0 Å². The van der Waals surface area contributed by atoms with Gasteiger partial charge in [0.15, 0.2) is 0 Å². The number of hydrogen-bond donors (Lipinski definition) is 1. The molecule has 6 heteroatoms. The maximum Gasteiger partial charge on any atom is 0.239 e. The zero-order valence-electron chi connectivity index (χ0n) is 13.9. The van der Waals surface area contributed by atoms with Crippen LogP contribution in [0.5, 0.6) is 0 Å². The van der Waals surface area contributed by atoms with Gasteiger partial charge in [0, 0.05) is 36.9 Å². The van der Waals surface area contributed by atoms with Gasteiger partial charge in [-0.3, -0.25) is 9.59 Å². The summed E-state index contributed by atoms with van der Waals surface area (Å²) >= 11 is 5.92. The van der Waals surface area contributed by atoms with E-state index in [1.54, 1.807) is 43.0 Å². The molecule has 1 aliphatic rings. The average molecular weight is 338 g/mol. The Labute approximate surface area is 142 Å². The van der Waals surface area contributed by atoms with Crippen molar-refractivity contribution in [3.63, 3.8) is 0 Å². The Balaban J connectivity index is 2.02. The molecule has 2 amide bonds. The van der Waals surface area contributed by atoms with E-state index in [4.69, 9.17) is 11.6 Å². The number of rotatable bonds is 4. The van der Waals surface area contributed by atoms with Crippen molar-refractivity contribution in [2.45, 2.75) is 20.8 Å². The maximum absolute atomic E-state index is 12.7. The van der Waals surface area contributed by atoms with Gasteiger partial charge in [0.2, 0.25) is 11.8 Å². The largest absolute Gasteiger partial charge is 0.339 e. The van der Waals surface area contributed by atoms with E-state index in [1.807, 2.05) is 0 Å². The highest BCUT2D eigenvalue weighted by atomic mass is 35.5. The van der Waals surface area contributed by atoms with Crippen LogP contribution in [0.2, 0.25) is 5.02 Å². The molecule has 0 radical (unpaired) electrons. The second kappa shape index (κ2) is 7.32. The lowest BCUT2D eigenvalue weighted by Crippen LogP contribution is -2.54. The van der Waals surface area contributed by atoms with Crippen LogP contribution < -0.4 is 5.32 Å². The van der Waals surface area contributed by atoms with Gasteiger partial charge in [0.1, 0.15) is 5.41 Å². The number of carbonyl (C=O) groups excluding carboxylic acids is 2. The summed E-state index contributed by atoms with van der Waals surface area (Å²) in [6.07, 6.45) is 0. The first-order chi connectivity index (χ1) is 10.8. The zero-order valence-corrected chi connectivity index (χ0v) is 14.7. The van der Waals surface area contributed by atoms with Crippen LogP contribution in [-0.2, 0) is 9.59 Å². The third-order valence-corrected chi connectivity index (χ3v) is 4.53. The molecule has 1 N–H and O–H groups in total. The molecule has 1 aromatic rings. The van der Waals surface area contributed by atoms with E-state index >= 15 is 0 Å². The molecule has 0 spiro atoms. The number of nitrogens with one attached hydrogen (secondary N) is 1. The third kappa shape index (κ3) is 4.24. The number of nitrogens with zero attached hydrogens (tertiary/aromatic N) is 2. The van der Waals surface area contributed by atoms with Gasteiger partial charge < -0.3 is 15.1 Å². The first kappa shape index (κ1) is 17.8. The maximum atomic E-state index is 12.7. The smallest absolute Gasteiger partial charge is 0.239 e. The lowest BCUT2D eigenvalue weighted by Gasteiger charge is -2.37. The van der Waals surface area contributed by atoms with Crippen molar-refractivity contribution < 1.29 is 9.59 Å². The van der Waals surface area contributed by atoms with Crippen molar-refractivity contribution in [3.8, 4) is 0 Å². The molecule has 0 saturated carbocycles. The second-order valence-corrected chi connectivity index (χ2v) is 6.75. The van der Waals surface area contributed by atoms with Crippen molar-refractivity contribution in [1.82, 2.24) is 9.80 Å². The molecule has 0 aliphatic carbocycles. The van der Waals surface area contributed by atoms with Crippen LogP contribution in [-0.4, -0.2) is 54.3 Å². The van der Waals surface area contributed by atoms with Crippen LogP contribution in [0.15, 0.2) is 24.3 Å². The summed E-state index contributed by atoms with van der Waals surface area (Å²) < 4.78 is 0. The zero-order chi connectivity index (χ0) is 17.0. The molecule has 1 fully saturated rings. The van der Waals surface area contributed by atoms with Gasteiger partial charge in [0.25, 0.3) is 0 Å². The minimum Gasteiger partial charge on any atom is -0.339 e. The Morgan fingerprint density at radius 1 is 1.22 bits per heavy atom. The quantitative estimate of drug-likeness (QED) is 0.859. The van der Waals surface area contributed by atoms with Gasteiger partial charge in [-0.05, 0) is 38.6 Å². The standard InChI is InChI=1S/C17H24ClN3O2/c1-4-20-8-10-21(11-9-20)16(23)17(2,3)15(22)19-14-7-5-6-13(18)12-14/h5-7,12H,4,8-11H2,1-3H3,(H,19,22). The van der Waals surface area contributed by atoms with Crippen molar-refractivity contribution in [3.05, 3.63) is 29.3 Å². The Morgan fingerprint density at radius 3 is 2.43 bits per heavy atom. The lowest BCUT2D eigenvalue weighted by molar-refractivity contribution is -0.147. The summed E-state index contributed by atoms with van der Waals surface area (Å²) in [5.74, 6) is -0.449. The molecular weight excluding hydrogens is 314 g/mol. The molecule has 0 atom stereocenters. The third-order valence-electron chi connectivity index (χ3n) is 4.29. The van der Waals surface area contributed by atoms with Crippen LogP contribution in [0.25, 0.3) is 0 Å². The number of benzene rings is 1. The Morgan fingerprint density at radius 2 is 1.87 bits per heavy atom.